The number of hydrogen-bond acceptors (Lipinski definition) is 3. The van der Waals surface area contributed by atoms with Gasteiger partial charge in [0.1, 0.15) is 6.04 Å². The van der Waals surface area contributed by atoms with Crippen molar-refractivity contribution in [3.05, 3.63) is 0 Å². The molecule has 13 heavy (non-hydrogen) atoms. The molecule has 0 saturated heterocycles. The Balaban J connectivity index is 4.67. The van der Waals surface area contributed by atoms with Crippen LogP contribution in [0.1, 0.15) is 34.6 Å². The third-order valence-electron chi connectivity index (χ3n) is 1.87. The summed E-state index contributed by atoms with van der Waals surface area (Å²) in [5, 5.41) is 0. The molecule has 78 valence electrons. The largest absolute Gasteiger partial charge is 0.368 e. The third-order valence-corrected chi connectivity index (χ3v) is 2.72. The topological polar surface area (TPSA) is 46.3 Å². The van der Waals surface area contributed by atoms with Crippen molar-refractivity contribution < 1.29 is 4.79 Å². The maximum atomic E-state index is 11.2. The third kappa shape index (κ3) is 3.56. The summed E-state index contributed by atoms with van der Waals surface area (Å²) in [5.74, 6) is -0.144. The Morgan fingerprint density at radius 3 is 1.85 bits per heavy atom. The Morgan fingerprint density at radius 2 is 1.77 bits per heavy atom. The predicted octanol–water partition coefficient (Wildman–Crippen LogP) is 1.44. The fraction of sp³-hybridized carbons (Fsp3) is 0.889. The molecule has 0 spiro atoms. The van der Waals surface area contributed by atoms with Crippen molar-refractivity contribution in [2.45, 2.75) is 46.2 Å². The molecular weight excluding hydrogens is 184 g/mol. The Kier molecular flexibility index (Phi) is 4.26. The second kappa shape index (κ2) is 4.33. The molecule has 0 aromatic rings. The zero-order chi connectivity index (χ0) is 10.8. The smallest absolute Gasteiger partial charge is 0.235 e. The fourth-order valence-corrected chi connectivity index (χ4v) is 1.53. The number of amides is 1. The van der Waals surface area contributed by atoms with Crippen LogP contribution < -0.4 is 5.73 Å². The van der Waals surface area contributed by atoms with Crippen molar-refractivity contribution in [2.24, 2.45) is 11.7 Å². The van der Waals surface area contributed by atoms with E-state index in [1.165, 1.54) is 0 Å². The van der Waals surface area contributed by atoms with Crippen molar-refractivity contribution in [3.63, 3.8) is 0 Å². The molecule has 0 bridgehead atoms. The van der Waals surface area contributed by atoms with Crippen LogP contribution in [0.3, 0.4) is 0 Å². The van der Waals surface area contributed by atoms with Crippen LogP contribution in [0.15, 0.2) is 0 Å². The van der Waals surface area contributed by atoms with Crippen LogP contribution in [0.4, 0.5) is 0 Å². The number of rotatable bonds is 3. The van der Waals surface area contributed by atoms with Crippen molar-refractivity contribution >= 4 is 18.7 Å². The number of thiol groups is 1. The molecule has 0 aliphatic heterocycles. The summed E-state index contributed by atoms with van der Waals surface area (Å²) >= 11 is 4.32. The molecule has 0 fully saturated rings. The lowest BCUT2D eigenvalue weighted by molar-refractivity contribution is -0.123. The second-order valence-electron chi connectivity index (χ2n) is 4.61. The highest BCUT2D eigenvalue weighted by Crippen LogP contribution is 2.23. The number of hydrogen-bond donors (Lipinski definition) is 2. The molecular formula is C9H20N2OS. The number of primary amides is 1. The van der Waals surface area contributed by atoms with E-state index in [-0.39, 0.29) is 23.4 Å². The minimum Gasteiger partial charge on any atom is -0.368 e. The van der Waals surface area contributed by atoms with Gasteiger partial charge in [0.15, 0.2) is 0 Å². The zero-order valence-corrected chi connectivity index (χ0v) is 9.93. The van der Waals surface area contributed by atoms with E-state index in [0.29, 0.717) is 0 Å². The lowest BCUT2D eigenvalue weighted by Crippen LogP contribution is -2.50. The highest BCUT2D eigenvalue weighted by molar-refractivity contribution is 7.77. The molecule has 3 nitrogen and oxygen atoms in total. The monoisotopic (exact) mass is 204 g/mol. The van der Waals surface area contributed by atoms with Gasteiger partial charge < -0.3 is 5.73 Å². The van der Waals surface area contributed by atoms with Gasteiger partial charge in [-0.25, -0.2) is 4.31 Å². The molecule has 1 atom stereocenters. The van der Waals surface area contributed by atoms with E-state index in [4.69, 9.17) is 5.73 Å². The maximum Gasteiger partial charge on any atom is 0.235 e. The SMILES string of the molecule is CC(C)C(C(N)=O)N(S)C(C)(C)C. The second-order valence-corrected chi connectivity index (χ2v) is 5.04. The normalized spacial score (nSPS) is 15.1. The number of nitrogens with two attached hydrogens (primary N) is 1. The Labute approximate surface area is 86.2 Å². The summed E-state index contributed by atoms with van der Waals surface area (Å²) in [4.78, 5) is 11.2. The maximum absolute atomic E-state index is 11.2. The molecule has 0 aromatic carbocycles. The molecule has 4 heteroatoms. The molecule has 0 heterocycles. The van der Waals surface area contributed by atoms with Crippen molar-refractivity contribution in [1.29, 1.82) is 0 Å². The van der Waals surface area contributed by atoms with Gasteiger partial charge in [-0.05, 0) is 26.7 Å². The molecule has 0 aliphatic carbocycles. The van der Waals surface area contributed by atoms with Gasteiger partial charge in [-0.3, -0.25) is 4.79 Å². The summed E-state index contributed by atoms with van der Waals surface area (Å²) < 4.78 is 1.72. The van der Waals surface area contributed by atoms with E-state index in [2.05, 4.69) is 12.8 Å². The van der Waals surface area contributed by atoms with Gasteiger partial charge in [-0.1, -0.05) is 26.7 Å². The summed E-state index contributed by atoms with van der Waals surface area (Å²) in [5.41, 5.74) is 5.15. The number of carbonyl (C=O) groups excluding carboxylic acids is 1. The molecule has 1 unspecified atom stereocenters. The first-order valence-electron chi connectivity index (χ1n) is 4.45. The van der Waals surface area contributed by atoms with Crippen molar-refractivity contribution in [2.75, 3.05) is 0 Å². The molecule has 0 aliphatic rings. The predicted molar refractivity (Wildman–Crippen MR) is 58.4 cm³/mol. The average Bonchev–Trinajstić information content (AvgIpc) is 1.82. The van der Waals surface area contributed by atoms with Gasteiger partial charge in [-0.15, -0.1) is 0 Å². The highest BCUT2D eigenvalue weighted by atomic mass is 32.1. The minimum absolute atomic E-state index is 0.160. The van der Waals surface area contributed by atoms with Gasteiger partial charge in [0.25, 0.3) is 0 Å². The standard InChI is InChI=1S/C9H20N2OS/c1-6(2)7(8(10)12)11(13)9(3,4)5/h6-7,13H,1-5H3,(H2,10,12). The van der Waals surface area contributed by atoms with E-state index in [1.807, 2.05) is 34.6 Å². The van der Waals surface area contributed by atoms with Crippen molar-refractivity contribution in [1.82, 2.24) is 4.31 Å². The van der Waals surface area contributed by atoms with E-state index >= 15 is 0 Å². The Hall–Kier alpha value is -0.220. The van der Waals surface area contributed by atoms with Gasteiger partial charge in [0.05, 0.1) is 0 Å². The average molecular weight is 204 g/mol. The van der Waals surface area contributed by atoms with Crippen LogP contribution in [-0.4, -0.2) is 21.8 Å². The van der Waals surface area contributed by atoms with Gasteiger partial charge in [0.2, 0.25) is 5.91 Å². The number of carbonyl (C=O) groups is 1. The van der Waals surface area contributed by atoms with Crippen LogP contribution in [-0.2, 0) is 4.79 Å². The Morgan fingerprint density at radius 1 is 1.38 bits per heavy atom. The highest BCUT2D eigenvalue weighted by Gasteiger charge is 2.32. The summed E-state index contributed by atoms with van der Waals surface area (Å²) in [6.07, 6.45) is 0. The van der Waals surface area contributed by atoms with Crippen LogP contribution in [0, 0.1) is 5.92 Å². The summed E-state index contributed by atoms with van der Waals surface area (Å²) in [6, 6.07) is -0.316. The van der Waals surface area contributed by atoms with Gasteiger partial charge in [-0.2, -0.15) is 0 Å². The van der Waals surface area contributed by atoms with E-state index in [9.17, 15) is 4.79 Å². The Bertz CT molecular complexity index is 187. The van der Waals surface area contributed by atoms with Crippen LogP contribution in [0.5, 0.6) is 0 Å². The first-order chi connectivity index (χ1) is 5.68. The molecule has 0 radical (unpaired) electrons. The first-order valence-corrected chi connectivity index (χ1v) is 4.85. The molecule has 0 rings (SSSR count). The molecule has 1 amide bonds. The lowest BCUT2D eigenvalue weighted by atomic mass is 9.99. The quantitative estimate of drug-likeness (QED) is 0.683. The van der Waals surface area contributed by atoms with Crippen LogP contribution in [0.25, 0.3) is 0 Å². The molecule has 2 N–H and O–H groups in total. The zero-order valence-electron chi connectivity index (χ0n) is 9.03. The lowest BCUT2D eigenvalue weighted by Gasteiger charge is -2.37. The van der Waals surface area contributed by atoms with E-state index < -0.39 is 0 Å². The first kappa shape index (κ1) is 12.8. The number of nitrogens with zero attached hydrogens (tertiary/aromatic N) is 1. The van der Waals surface area contributed by atoms with Gasteiger partial charge >= 0.3 is 0 Å². The van der Waals surface area contributed by atoms with Crippen molar-refractivity contribution in [3.8, 4) is 0 Å². The minimum atomic E-state index is -0.320. The van der Waals surface area contributed by atoms with E-state index in [1.54, 1.807) is 4.31 Å². The van der Waals surface area contributed by atoms with Crippen LogP contribution >= 0.6 is 12.8 Å². The fourth-order valence-electron chi connectivity index (χ4n) is 1.15. The molecule has 0 aromatic heterocycles. The van der Waals surface area contributed by atoms with Gasteiger partial charge in [0, 0.05) is 5.54 Å². The summed E-state index contributed by atoms with van der Waals surface area (Å²) in [7, 11) is 0. The van der Waals surface area contributed by atoms with Crippen LogP contribution in [0.2, 0.25) is 0 Å². The van der Waals surface area contributed by atoms with E-state index in [0.717, 1.165) is 0 Å². The summed E-state index contributed by atoms with van der Waals surface area (Å²) in [6.45, 7) is 9.92. The molecule has 0 saturated carbocycles.